The van der Waals surface area contributed by atoms with Crippen LogP contribution in [0.5, 0.6) is 17.2 Å². The molecule has 0 saturated heterocycles. The van der Waals surface area contributed by atoms with E-state index >= 15 is 0 Å². The third-order valence-electron chi connectivity index (χ3n) is 4.26. The van der Waals surface area contributed by atoms with Crippen molar-refractivity contribution in [2.75, 3.05) is 26.6 Å². The normalized spacial score (nSPS) is 11.0. The van der Waals surface area contributed by atoms with Crippen LogP contribution in [0.25, 0.3) is 0 Å². The number of ether oxygens (including phenoxy) is 3. The largest absolute Gasteiger partial charge is 0.493 e. The molecule has 144 valence electrons. The Labute approximate surface area is 165 Å². The van der Waals surface area contributed by atoms with E-state index in [1.807, 2.05) is 38.1 Å². The predicted octanol–water partition coefficient (Wildman–Crippen LogP) is 4.04. The van der Waals surface area contributed by atoms with Crippen LogP contribution in [-0.4, -0.2) is 32.2 Å². The van der Waals surface area contributed by atoms with Crippen LogP contribution in [0.4, 0.5) is 5.69 Å². The van der Waals surface area contributed by atoms with Gasteiger partial charge in [-0.15, -0.1) is 0 Å². The highest BCUT2D eigenvalue weighted by Crippen LogP contribution is 2.38. The van der Waals surface area contributed by atoms with Crippen molar-refractivity contribution in [2.45, 2.75) is 20.8 Å². The minimum atomic E-state index is 0.412. The first kappa shape index (κ1) is 20.5. The fourth-order valence-corrected chi connectivity index (χ4v) is 2.68. The Morgan fingerprint density at radius 3 is 2.19 bits per heavy atom. The van der Waals surface area contributed by atoms with E-state index in [9.17, 15) is 0 Å². The summed E-state index contributed by atoms with van der Waals surface area (Å²) in [6.45, 7) is 5.97. The molecule has 0 bridgehead atoms. The van der Waals surface area contributed by atoms with Gasteiger partial charge in [0.2, 0.25) is 5.75 Å². The van der Waals surface area contributed by atoms with Crippen LogP contribution in [0, 0.1) is 13.8 Å². The number of benzene rings is 2. The lowest BCUT2D eigenvalue weighted by Gasteiger charge is -2.14. The summed E-state index contributed by atoms with van der Waals surface area (Å²) in [5.41, 5.74) is 7.71. The molecular formula is C20H25N3O3S. The van der Waals surface area contributed by atoms with Crippen LogP contribution < -0.4 is 25.0 Å². The first-order valence-electron chi connectivity index (χ1n) is 8.39. The van der Waals surface area contributed by atoms with Crippen molar-refractivity contribution < 1.29 is 14.2 Å². The van der Waals surface area contributed by atoms with Gasteiger partial charge in [0.25, 0.3) is 0 Å². The van der Waals surface area contributed by atoms with Crippen LogP contribution in [-0.2, 0) is 0 Å². The molecule has 0 radical (unpaired) electrons. The molecule has 2 rings (SSSR count). The fraction of sp³-hybridized carbons (Fsp3) is 0.300. The minimum absolute atomic E-state index is 0.412. The second kappa shape index (κ2) is 9.23. The monoisotopic (exact) mass is 387 g/mol. The van der Waals surface area contributed by atoms with E-state index < -0.39 is 0 Å². The molecule has 0 saturated carbocycles. The van der Waals surface area contributed by atoms with E-state index in [0.29, 0.717) is 22.4 Å². The summed E-state index contributed by atoms with van der Waals surface area (Å²) in [5, 5.41) is 7.94. The number of methoxy groups -OCH3 is 3. The highest BCUT2D eigenvalue weighted by Gasteiger charge is 2.14. The summed E-state index contributed by atoms with van der Waals surface area (Å²) in [6, 6.07) is 9.69. The number of hydrogen-bond acceptors (Lipinski definition) is 5. The number of hydrogen-bond donors (Lipinski definition) is 2. The van der Waals surface area contributed by atoms with E-state index in [1.54, 1.807) is 21.3 Å². The van der Waals surface area contributed by atoms with Gasteiger partial charge in [-0.25, -0.2) is 0 Å². The Morgan fingerprint density at radius 1 is 1.00 bits per heavy atom. The molecule has 0 aliphatic carbocycles. The molecule has 2 aromatic rings. The molecule has 6 nitrogen and oxygen atoms in total. The molecule has 27 heavy (non-hydrogen) atoms. The average Bonchev–Trinajstić information content (AvgIpc) is 2.68. The highest BCUT2D eigenvalue weighted by atomic mass is 32.1. The quantitative estimate of drug-likeness (QED) is 0.443. The smallest absolute Gasteiger partial charge is 0.203 e. The topological polar surface area (TPSA) is 64.1 Å². The molecule has 0 aromatic heterocycles. The molecule has 0 fully saturated rings. The van der Waals surface area contributed by atoms with Gasteiger partial charge in [-0.2, -0.15) is 5.10 Å². The van der Waals surface area contributed by atoms with E-state index in [0.717, 1.165) is 22.5 Å². The van der Waals surface area contributed by atoms with Gasteiger partial charge < -0.3 is 19.5 Å². The van der Waals surface area contributed by atoms with Gasteiger partial charge in [0, 0.05) is 11.3 Å². The predicted molar refractivity (Wildman–Crippen MR) is 114 cm³/mol. The fourth-order valence-electron chi connectivity index (χ4n) is 2.53. The second-order valence-electron chi connectivity index (χ2n) is 5.92. The third kappa shape index (κ3) is 4.89. The van der Waals surface area contributed by atoms with E-state index in [2.05, 4.69) is 28.8 Å². The van der Waals surface area contributed by atoms with Crippen molar-refractivity contribution in [3.05, 3.63) is 47.0 Å². The number of rotatable bonds is 6. The molecule has 0 heterocycles. The summed E-state index contributed by atoms with van der Waals surface area (Å²) in [4.78, 5) is 0. The summed E-state index contributed by atoms with van der Waals surface area (Å²) in [7, 11) is 4.73. The van der Waals surface area contributed by atoms with Crippen LogP contribution in [0.15, 0.2) is 35.4 Å². The third-order valence-corrected chi connectivity index (χ3v) is 4.45. The van der Waals surface area contributed by atoms with Gasteiger partial charge in [0.15, 0.2) is 16.6 Å². The molecule has 0 aliphatic heterocycles. The molecule has 0 unspecified atom stereocenters. The van der Waals surface area contributed by atoms with Crippen molar-refractivity contribution >= 4 is 28.7 Å². The Balaban J connectivity index is 2.17. The van der Waals surface area contributed by atoms with Gasteiger partial charge in [-0.05, 0) is 62.3 Å². The van der Waals surface area contributed by atoms with Crippen molar-refractivity contribution in [3.63, 3.8) is 0 Å². The standard InChI is InChI=1S/C20H25N3O3S/c1-12-8-7-9-16(13(12)2)21-20(27)23-22-14(3)15-10-17(24-4)19(26-6)18(11-15)25-5/h7-11H,1-6H3,(H2,21,23,27)/b22-14-. The summed E-state index contributed by atoms with van der Waals surface area (Å²) < 4.78 is 16.1. The zero-order valence-electron chi connectivity index (χ0n) is 16.5. The van der Waals surface area contributed by atoms with Crippen LogP contribution in [0.3, 0.4) is 0 Å². The second-order valence-corrected chi connectivity index (χ2v) is 6.33. The highest BCUT2D eigenvalue weighted by molar-refractivity contribution is 7.80. The molecule has 0 spiro atoms. The van der Waals surface area contributed by atoms with Crippen molar-refractivity contribution in [3.8, 4) is 17.2 Å². The molecule has 0 aliphatic rings. The number of aryl methyl sites for hydroxylation is 1. The number of hydrazone groups is 1. The molecular weight excluding hydrogens is 362 g/mol. The Bertz CT molecular complexity index is 841. The number of nitrogens with one attached hydrogen (secondary N) is 2. The zero-order chi connectivity index (χ0) is 20.0. The van der Waals surface area contributed by atoms with Crippen LogP contribution in [0.1, 0.15) is 23.6 Å². The first-order chi connectivity index (χ1) is 12.9. The van der Waals surface area contributed by atoms with Crippen molar-refractivity contribution in [1.29, 1.82) is 0 Å². The Kier molecular flexibility index (Phi) is 7.01. The maximum Gasteiger partial charge on any atom is 0.203 e. The maximum atomic E-state index is 5.38. The van der Waals surface area contributed by atoms with Gasteiger partial charge in [0.05, 0.1) is 27.0 Å². The van der Waals surface area contributed by atoms with Gasteiger partial charge in [0.1, 0.15) is 0 Å². The lowest BCUT2D eigenvalue weighted by Crippen LogP contribution is -2.25. The zero-order valence-corrected chi connectivity index (χ0v) is 17.3. The van der Waals surface area contributed by atoms with E-state index in [-0.39, 0.29) is 0 Å². The van der Waals surface area contributed by atoms with Gasteiger partial charge in [-0.1, -0.05) is 12.1 Å². The number of thiocarbonyl (C=S) groups is 1. The summed E-state index contributed by atoms with van der Waals surface area (Å²) in [6.07, 6.45) is 0. The van der Waals surface area contributed by atoms with Crippen LogP contribution >= 0.6 is 12.2 Å². The lowest BCUT2D eigenvalue weighted by atomic mass is 10.1. The van der Waals surface area contributed by atoms with Gasteiger partial charge >= 0.3 is 0 Å². The molecule has 2 N–H and O–H groups in total. The molecule has 7 heteroatoms. The number of anilines is 1. The average molecular weight is 388 g/mol. The minimum Gasteiger partial charge on any atom is -0.493 e. The maximum absolute atomic E-state index is 5.38. The lowest BCUT2D eigenvalue weighted by molar-refractivity contribution is 0.324. The van der Waals surface area contributed by atoms with E-state index in [1.165, 1.54) is 5.56 Å². The summed E-state index contributed by atoms with van der Waals surface area (Å²) in [5.74, 6) is 1.67. The Hall–Kier alpha value is -2.80. The van der Waals surface area contributed by atoms with Crippen LogP contribution in [0.2, 0.25) is 0 Å². The van der Waals surface area contributed by atoms with Gasteiger partial charge in [-0.3, -0.25) is 5.43 Å². The van der Waals surface area contributed by atoms with E-state index in [4.69, 9.17) is 26.4 Å². The molecule has 2 aromatic carbocycles. The SMILES string of the molecule is COc1cc(/C(C)=N\NC(=S)Nc2cccc(C)c2C)cc(OC)c1OC. The first-order valence-corrected chi connectivity index (χ1v) is 8.80. The molecule has 0 amide bonds. The number of nitrogens with zero attached hydrogens (tertiary/aromatic N) is 1. The Morgan fingerprint density at radius 2 is 1.63 bits per heavy atom. The van der Waals surface area contributed by atoms with Crippen molar-refractivity contribution in [1.82, 2.24) is 5.43 Å². The molecule has 0 atom stereocenters. The van der Waals surface area contributed by atoms with Crippen molar-refractivity contribution in [2.24, 2.45) is 5.10 Å². The summed E-state index contributed by atoms with van der Waals surface area (Å²) >= 11 is 5.35.